The Bertz CT molecular complexity index is 745. The molecule has 1 atom stereocenters. The first-order chi connectivity index (χ1) is 13.3. The lowest BCUT2D eigenvalue weighted by Crippen LogP contribution is -2.48. The third-order valence-electron chi connectivity index (χ3n) is 5.99. The number of hydrogen-bond acceptors (Lipinski definition) is 5. The monoisotopic (exact) mass is 402 g/mol. The normalized spacial score (nSPS) is 20.0. The first kappa shape index (κ1) is 21.0. The number of benzene rings is 1. The Morgan fingerprint density at radius 2 is 1.79 bits per heavy atom. The summed E-state index contributed by atoms with van der Waals surface area (Å²) < 4.78 is 2.12. The average Bonchev–Trinajstić information content (AvgIpc) is 3.37. The molecule has 2 heterocycles. The number of hydrogen-bond donors (Lipinski definition) is 0. The van der Waals surface area contributed by atoms with Crippen LogP contribution in [0.1, 0.15) is 54.7 Å². The number of piperazine rings is 1. The summed E-state index contributed by atoms with van der Waals surface area (Å²) in [5.74, 6) is 1.00. The lowest BCUT2D eigenvalue weighted by molar-refractivity contribution is 0.111. The Morgan fingerprint density at radius 3 is 2.43 bits per heavy atom. The summed E-state index contributed by atoms with van der Waals surface area (Å²) in [7, 11) is 0. The van der Waals surface area contributed by atoms with Gasteiger partial charge in [0, 0.05) is 32.7 Å². The van der Waals surface area contributed by atoms with E-state index in [1.165, 1.54) is 36.8 Å². The van der Waals surface area contributed by atoms with Crippen molar-refractivity contribution in [3.63, 3.8) is 0 Å². The predicted octanol–water partition coefficient (Wildman–Crippen LogP) is 3.41. The Hall–Kier alpha value is -1.76. The van der Waals surface area contributed by atoms with E-state index in [1.807, 2.05) is 6.08 Å². The molecule has 1 aromatic heterocycles. The smallest absolute Gasteiger partial charge is 0.173 e. The van der Waals surface area contributed by atoms with Gasteiger partial charge >= 0.3 is 0 Å². The van der Waals surface area contributed by atoms with Crippen molar-refractivity contribution in [2.24, 2.45) is 0 Å². The molecule has 1 saturated carbocycles. The molecule has 2 aliphatic rings. The van der Waals surface area contributed by atoms with Gasteiger partial charge in [0.05, 0.1) is 12.1 Å². The second-order valence-electron chi connectivity index (χ2n) is 7.86. The van der Waals surface area contributed by atoms with Crippen LogP contribution in [-0.4, -0.2) is 62.7 Å². The number of halogens is 1. The van der Waals surface area contributed by atoms with Gasteiger partial charge in [-0.05, 0) is 35.8 Å². The molecule has 0 amide bonds. The van der Waals surface area contributed by atoms with Crippen LogP contribution in [0, 0.1) is 6.92 Å². The van der Waals surface area contributed by atoms with Crippen LogP contribution in [0.25, 0.3) is 0 Å². The molecule has 2 aromatic rings. The van der Waals surface area contributed by atoms with Crippen molar-refractivity contribution in [1.29, 1.82) is 0 Å². The van der Waals surface area contributed by atoms with Crippen LogP contribution in [0.15, 0.2) is 36.9 Å². The van der Waals surface area contributed by atoms with E-state index in [9.17, 15) is 0 Å². The van der Waals surface area contributed by atoms with Crippen LogP contribution in [0.5, 0.6) is 0 Å². The SMILES string of the molecule is C=CCN1CCN(C(c2ccc(C)cc2)c2nnnn2C2CCCC2)CC1.Cl. The standard InChI is InChI=1S/C21H30N6.ClH/c1-3-12-25-13-15-26(16-14-25)20(18-10-8-17(2)9-11-18)21-22-23-24-27(21)19-6-4-5-7-19;/h3,8-11,19-20H,1,4-7,12-16H2,2H3;1H. The number of nitrogens with zero attached hydrogens (tertiary/aromatic N) is 6. The molecular weight excluding hydrogens is 372 g/mol. The van der Waals surface area contributed by atoms with E-state index in [-0.39, 0.29) is 18.4 Å². The van der Waals surface area contributed by atoms with Crippen LogP contribution in [0.4, 0.5) is 0 Å². The van der Waals surface area contributed by atoms with Gasteiger partial charge in [0.15, 0.2) is 5.82 Å². The minimum atomic E-state index is 0. The largest absolute Gasteiger partial charge is 0.297 e. The fourth-order valence-corrected chi connectivity index (χ4v) is 4.45. The van der Waals surface area contributed by atoms with Gasteiger partial charge in [-0.25, -0.2) is 4.68 Å². The van der Waals surface area contributed by atoms with Crippen molar-refractivity contribution in [3.8, 4) is 0 Å². The molecule has 2 fully saturated rings. The highest BCUT2D eigenvalue weighted by atomic mass is 35.5. The van der Waals surface area contributed by atoms with Gasteiger partial charge in [-0.15, -0.1) is 24.1 Å². The highest BCUT2D eigenvalue weighted by molar-refractivity contribution is 5.85. The van der Waals surface area contributed by atoms with Crippen molar-refractivity contribution in [1.82, 2.24) is 30.0 Å². The number of tetrazole rings is 1. The molecule has 1 aliphatic carbocycles. The molecule has 1 aliphatic heterocycles. The van der Waals surface area contributed by atoms with Gasteiger partial charge in [0.1, 0.15) is 0 Å². The summed E-state index contributed by atoms with van der Waals surface area (Å²) in [6, 6.07) is 9.44. The summed E-state index contributed by atoms with van der Waals surface area (Å²) in [6.07, 6.45) is 6.92. The molecule has 6 nitrogen and oxygen atoms in total. The minimum absolute atomic E-state index is 0. The fraction of sp³-hybridized carbons (Fsp3) is 0.571. The summed E-state index contributed by atoms with van der Waals surface area (Å²) in [6.45, 7) is 11.1. The maximum atomic E-state index is 4.52. The lowest BCUT2D eigenvalue weighted by Gasteiger charge is -2.38. The molecule has 0 N–H and O–H groups in total. The molecule has 7 heteroatoms. The van der Waals surface area contributed by atoms with Crippen molar-refractivity contribution < 1.29 is 0 Å². The zero-order chi connectivity index (χ0) is 18.6. The molecular formula is C21H31ClN6. The molecule has 1 unspecified atom stereocenters. The molecule has 4 rings (SSSR count). The van der Waals surface area contributed by atoms with Crippen molar-refractivity contribution in [2.45, 2.75) is 44.7 Å². The third kappa shape index (κ3) is 4.45. The highest BCUT2D eigenvalue weighted by Crippen LogP contribution is 2.34. The van der Waals surface area contributed by atoms with Crippen LogP contribution in [0.2, 0.25) is 0 Å². The third-order valence-corrected chi connectivity index (χ3v) is 5.99. The van der Waals surface area contributed by atoms with Gasteiger partial charge < -0.3 is 0 Å². The zero-order valence-corrected chi connectivity index (χ0v) is 17.5. The minimum Gasteiger partial charge on any atom is -0.297 e. The van der Waals surface area contributed by atoms with E-state index in [2.05, 4.69) is 67.8 Å². The van der Waals surface area contributed by atoms with Crippen LogP contribution < -0.4 is 0 Å². The van der Waals surface area contributed by atoms with Crippen LogP contribution in [-0.2, 0) is 0 Å². The first-order valence-electron chi connectivity index (χ1n) is 10.2. The Morgan fingerprint density at radius 1 is 1.11 bits per heavy atom. The Labute approximate surface area is 174 Å². The predicted molar refractivity (Wildman–Crippen MR) is 114 cm³/mol. The molecule has 0 bridgehead atoms. The molecule has 28 heavy (non-hydrogen) atoms. The van der Waals surface area contributed by atoms with Crippen molar-refractivity contribution in [3.05, 3.63) is 53.9 Å². The van der Waals surface area contributed by atoms with Gasteiger partial charge in [-0.1, -0.05) is 48.7 Å². The highest BCUT2D eigenvalue weighted by Gasteiger charge is 2.32. The van der Waals surface area contributed by atoms with Crippen LogP contribution in [0.3, 0.4) is 0 Å². The summed E-state index contributed by atoms with van der Waals surface area (Å²) in [5, 5.41) is 13.0. The summed E-state index contributed by atoms with van der Waals surface area (Å²) in [5.41, 5.74) is 2.57. The number of rotatable bonds is 6. The molecule has 152 valence electrons. The van der Waals surface area contributed by atoms with Gasteiger partial charge in [0.25, 0.3) is 0 Å². The summed E-state index contributed by atoms with van der Waals surface area (Å²) in [4.78, 5) is 5.00. The fourth-order valence-electron chi connectivity index (χ4n) is 4.45. The average molecular weight is 403 g/mol. The van der Waals surface area contributed by atoms with E-state index in [0.29, 0.717) is 6.04 Å². The molecule has 0 radical (unpaired) electrons. The van der Waals surface area contributed by atoms with Gasteiger partial charge in [-0.2, -0.15) is 0 Å². The second-order valence-corrected chi connectivity index (χ2v) is 7.86. The van der Waals surface area contributed by atoms with E-state index in [4.69, 9.17) is 0 Å². The molecule has 1 saturated heterocycles. The second kappa shape index (κ2) is 9.63. The van der Waals surface area contributed by atoms with Gasteiger partial charge in [-0.3, -0.25) is 9.80 Å². The molecule has 1 aromatic carbocycles. The Balaban J connectivity index is 0.00000225. The van der Waals surface area contributed by atoms with Crippen LogP contribution >= 0.6 is 12.4 Å². The topological polar surface area (TPSA) is 50.1 Å². The van der Waals surface area contributed by atoms with E-state index in [0.717, 1.165) is 38.5 Å². The molecule has 0 spiro atoms. The maximum Gasteiger partial charge on any atom is 0.173 e. The van der Waals surface area contributed by atoms with Crippen molar-refractivity contribution in [2.75, 3.05) is 32.7 Å². The zero-order valence-electron chi connectivity index (χ0n) is 16.7. The number of aromatic nitrogens is 4. The summed E-state index contributed by atoms with van der Waals surface area (Å²) >= 11 is 0. The van der Waals surface area contributed by atoms with E-state index in [1.54, 1.807) is 0 Å². The van der Waals surface area contributed by atoms with Gasteiger partial charge in [0.2, 0.25) is 0 Å². The first-order valence-corrected chi connectivity index (χ1v) is 10.2. The van der Waals surface area contributed by atoms with E-state index >= 15 is 0 Å². The van der Waals surface area contributed by atoms with E-state index < -0.39 is 0 Å². The lowest BCUT2D eigenvalue weighted by atomic mass is 10.0. The van der Waals surface area contributed by atoms with Crippen molar-refractivity contribution >= 4 is 12.4 Å². The Kier molecular flexibility index (Phi) is 7.21. The number of aryl methyl sites for hydroxylation is 1. The maximum absolute atomic E-state index is 4.52. The quantitative estimate of drug-likeness (QED) is 0.693.